The minimum atomic E-state index is -0.216. The van der Waals surface area contributed by atoms with Crippen molar-refractivity contribution in [2.24, 2.45) is 5.10 Å². The molecule has 1 amide bonds. The summed E-state index contributed by atoms with van der Waals surface area (Å²) in [6, 6.07) is 20.9. The van der Waals surface area contributed by atoms with Gasteiger partial charge in [0.15, 0.2) is 0 Å². The number of nitrogens with one attached hydrogen (secondary N) is 1. The molecule has 0 aromatic heterocycles. The topological polar surface area (TPSA) is 41.5 Å². The van der Waals surface area contributed by atoms with Gasteiger partial charge in [-0.05, 0) is 41.0 Å². The van der Waals surface area contributed by atoms with E-state index in [1.165, 1.54) is 0 Å². The smallest absolute Gasteiger partial charge is 0.267 e. The number of benzene rings is 3. The van der Waals surface area contributed by atoms with Crippen LogP contribution in [-0.2, 0) is 0 Å². The first kappa shape index (κ1) is 16.2. The van der Waals surface area contributed by atoms with Gasteiger partial charge in [0.1, 0.15) is 0 Å². The molecule has 0 atom stereocenters. The van der Waals surface area contributed by atoms with Crippen molar-refractivity contribution in [1.82, 2.24) is 5.43 Å². The van der Waals surface area contributed by atoms with Crippen LogP contribution in [0.1, 0.15) is 29.3 Å². The van der Waals surface area contributed by atoms with E-state index in [4.69, 9.17) is 11.6 Å². The van der Waals surface area contributed by atoms with E-state index in [0.29, 0.717) is 17.0 Å². The largest absolute Gasteiger partial charge is 0.272 e. The first-order valence-corrected chi connectivity index (χ1v) is 8.17. The Balaban J connectivity index is 1.86. The first-order valence-electron chi connectivity index (χ1n) is 7.79. The fourth-order valence-electron chi connectivity index (χ4n) is 2.59. The van der Waals surface area contributed by atoms with Crippen molar-refractivity contribution in [2.75, 3.05) is 0 Å². The number of hydrazone groups is 1. The Bertz CT molecular complexity index is 896. The van der Waals surface area contributed by atoms with Gasteiger partial charge in [0.05, 0.1) is 5.71 Å². The van der Waals surface area contributed by atoms with E-state index in [-0.39, 0.29) is 5.91 Å². The summed E-state index contributed by atoms with van der Waals surface area (Å²) in [5, 5.41) is 6.92. The lowest BCUT2D eigenvalue weighted by molar-refractivity contribution is 0.0956. The van der Waals surface area contributed by atoms with E-state index >= 15 is 0 Å². The molecule has 4 heteroatoms. The number of rotatable bonds is 4. The van der Waals surface area contributed by atoms with E-state index in [9.17, 15) is 4.79 Å². The quantitative estimate of drug-likeness (QED) is 0.526. The highest BCUT2D eigenvalue weighted by Gasteiger charge is 2.09. The SMILES string of the molecule is CC/C(=N\NC(=O)c1cccc2ccccc12)c1ccc(Cl)cc1. The van der Waals surface area contributed by atoms with E-state index in [1.807, 2.05) is 67.6 Å². The van der Waals surface area contributed by atoms with E-state index in [1.54, 1.807) is 6.07 Å². The van der Waals surface area contributed by atoms with E-state index in [2.05, 4.69) is 10.5 Å². The van der Waals surface area contributed by atoms with Gasteiger partial charge in [-0.3, -0.25) is 4.79 Å². The summed E-state index contributed by atoms with van der Waals surface area (Å²) in [6.45, 7) is 2.00. The maximum Gasteiger partial charge on any atom is 0.272 e. The zero-order chi connectivity index (χ0) is 16.9. The second-order valence-electron chi connectivity index (χ2n) is 5.39. The van der Waals surface area contributed by atoms with Crippen molar-refractivity contribution in [2.45, 2.75) is 13.3 Å². The van der Waals surface area contributed by atoms with Crippen LogP contribution in [0, 0.1) is 0 Å². The highest BCUT2D eigenvalue weighted by Crippen LogP contribution is 2.18. The molecule has 3 aromatic carbocycles. The van der Waals surface area contributed by atoms with E-state index in [0.717, 1.165) is 22.0 Å². The van der Waals surface area contributed by atoms with Crippen LogP contribution >= 0.6 is 11.6 Å². The molecule has 3 rings (SSSR count). The zero-order valence-electron chi connectivity index (χ0n) is 13.3. The Morgan fingerprint density at radius 2 is 1.71 bits per heavy atom. The Hall–Kier alpha value is -2.65. The molecule has 0 aliphatic heterocycles. The van der Waals surface area contributed by atoms with Crippen LogP contribution in [0.15, 0.2) is 71.8 Å². The number of hydrogen-bond acceptors (Lipinski definition) is 2. The van der Waals surface area contributed by atoms with Crippen LogP contribution in [-0.4, -0.2) is 11.6 Å². The van der Waals surface area contributed by atoms with Gasteiger partial charge in [-0.1, -0.05) is 67.1 Å². The second-order valence-corrected chi connectivity index (χ2v) is 5.82. The fourth-order valence-corrected chi connectivity index (χ4v) is 2.72. The third-order valence-corrected chi connectivity index (χ3v) is 4.09. The van der Waals surface area contributed by atoms with Crippen molar-refractivity contribution in [3.8, 4) is 0 Å². The summed E-state index contributed by atoms with van der Waals surface area (Å²) in [5.74, 6) is -0.216. The van der Waals surface area contributed by atoms with Gasteiger partial charge in [-0.2, -0.15) is 5.10 Å². The lowest BCUT2D eigenvalue weighted by Crippen LogP contribution is -2.20. The molecule has 0 aliphatic carbocycles. The normalized spacial score (nSPS) is 11.5. The molecule has 3 aromatic rings. The van der Waals surface area contributed by atoms with Crippen molar-refractivity contribution >= 4 is 34.0 Å². The van der Waals surface area contributed by atoms with Crippen LogP contribution in [0.5, 0.6) is 0 Å². The van der Waals surface area contributed by atoms with Crippen molar-refractivity contribution in [1.29, 1.82) is 0 Å². The molecule has 120 valence electrons. The van der Waals surface area contributed by atoms with Crippen molar-refractivity contribution in [3.05, 3.63) is 82.9 Å². The molecule has 0 saturated carbocycles. The van der Waals surface area contributed by atoms with Gasteiger partial charge in [0, 0.05) is 10.6 Å². The monoisotopic (exact) mass is 336 g/mol. The Labute approximate surface area is 146 Å². The molecule has 24 heavy (non-hydrogen) atoms. The van der Waals surface area contributed by atoms with Gasteiger partial charge < -0.3 is 0 Å². The average molecular weight is 337 g/mol. The molecular formula is C20H17ClN2O. The predicted molar refractivity (Wildman–Crippen MR) is 99.7 cm³/mol. The lowest BCUT2D eigenvalue weighted by Gasteiger charge is -2.07. The van der Waals surface area contributed by atoms with Gasteiger partial charge in [0.2, 0.25) is 0 Å². The number of nitrogens with zero attached hydrogens (tertiary/aromatic N) is 1. The molecule has 0 heterocycles. The molecule has 0 spiro atoms. The first-order chi connectivity index (χ1) is 11.7. The highest BCUT2D eigenvalue weighted by molar-refractivity contribution is 6.30. The van der Waals surface area contributed by atoms with Crippen LogP contribution < -0.4 is 5.43 Å². The van der Waals surface area contributed by atoms with Crippen molar-refractivity contribution in [3.63, 3.8) is 0 Å². The van der Waals surface area contributed by atoms with Crippen molar-refractivity contribution < 1.29 is 4.79 Å². The summed E-state index contributed by atoms with van der Waals surface area (Å²) in [5.41, 5.74) is 5.04. The highest BCUT2D eigenvalue weighted by atomic mass is 35.5. The second kappa shape index (κ2) is 7.28. The van der Waals surface area contributed by atoms with Gasteiger partial charge in [0.25, 0.3) is 5.91 Å². The minimum absolute atomic E-state index is 0.216. The summed E-state index contributed by atoms with van der Waals surface area (Å²) in [7, 11) is 0. The predicted octanol–water partition coefficient (Wildman–Crippen LogP) is 5.04. The standard InChI is InChI=1S/C20H17ClN2O/c1-2-19(15-10-12-16(21)13-11-15)22-23-20(24)18-9-5-7-14-6-3-4-8-17(14)18/h3-13H,2H2,1H3,(H,23,24)/b22-19+. The number of carbonyl (C=O) groups is 1. The van der Waals surface area contributed by atoms with Gasteiger partial charge >= 0.3 is 0 Å². The third kappa shape index (κ3) is 3.47. The molecule has 0 fully saturated rings. The summed E-state index contributed by atoms with van der Waals surface area (Å²) < 4.78 is 0. The maximum atomic E-state index is 12.5. The lowest BCUT2D eigenvalue weighted by atomic mass is 10.0. The minimum Gasteiger partial charge on any atom is -0.267 e. The molecule has 0 unspecified atom stereocenters. The molecule has 0 bridgehead atoms. The number of halogens is 1. The number of fused-ring (bicyclic) bond motifs is 1. The van der Waals surface area contributed by atoms with Crippen LogP contribution in [0.3, 0.4) is 0 Å². The molecule has 1 N–H and O–H groups in total. The summed E-state index contributed by atoms with van der Waals surface area (Å²) >= 11 is 5.91. The Kier molecular flexibility index (Phi) is 4.92. The molecule has 3 nitrogen and oxygen atoms in total. The maximum absolute atomic E-state index is 12.5. The number of carbonyl (C=O) groups excluding carboxylic acids is 1. The Morgan fingerprint density at radius 1 is 1.00 bits per heavy atom. The summed E-state index contributed by atoms with van der Waals surface area (Å²) in [4.78, 5) is 12.5. The average Bonchev–Trinajstić information content (AvgIpc) is 2.63. The van der Waals surface area contributed by atoms with Crippen LogP contribution in [0.4, 0.5) is 0 Å². The number of hydrogen-bond donors (Lipinski definition) is 1. The fraction of sp³-hybridized carbons (Fsp3) is 0.100. The van der Waals surface area contributed by atoms with E-state index < -0.39 is 0 Å². The van der Waals surface area contributed by atoms with Crippen LogP contribution in [0.25, 0.3) is 10.8 Å². The van der Waals surface area contributed by atoms with Gasteiger partial charge in [-0.25, -0.2) is 5.43 Å². The van der Waals surface area contributed by atoms with Crippen LogP contribution in [0.2, 0.25) is 5.02 Å². The molecular weight excluding hydrogens is 320 g/mol. The molecule has 0 aliphatic rings. The Morgan fingerprint density at radius 3 is 2.46 bits per heavy atom. The summed E-state index contributed by atoms with van der Waals surface area (Å²) in [6.07, 6.45) is 0.706. The zero-order valence-corrected chi connectivity index (χ0v) is 14.0. The van der Waals surface area contributed by atoms with Gasteiger partial charge in [-0.15, -0.1) is 0 Å². The molecule has 0 saturated heterocycles. The number of amides is 1. The third-order valence-electron chi connectivity index (χ3n) is 3.84. The molecule has 0 radical (unpaired) electrons.